The van der Waals surface area contributed by atoms with Crippen molar-refractivity contribution in [3.05, 3.63) is 152 Å². The van der Waals surface area contributed by atoms with Gasteiger partial charge in [0.1, 0.15) is 5.58 Å². The second-order valence-electron chi connectivity index (χ2n) is 11.4. The standard InChI is InChI=1S/C41H25N5O/c1-3-11-27(12-4-1)38-44-39(28-13-5-2-6-14-28)46-40(45-38)29-21-19-26(20-22-29)37-32-16-8-7-15-30(32)24-35(43-37)31-23-34-33-17-9-10-18-36(33)47-41(34)42-25-31/h1-25H. The van der Waals surface area contributed by atoms with Crippen molar-refractivity contribution in [1.29, 1.82) is 0 Å². The first-order valence-electron chi connectivity index (χ1n) is 15.4. The van der Waals surface area contributed by atoms with Crippen LogP contribution in [0.5, 0.6) is 0 Å². The molecule has 6 nitrogen and oxygen atoms in total. The van der Waals surface area contributed by atoms with Crippen LogP contribution in [0.2, 0.25) is 0 Å². The Morgan fingerprint density at radius 2 is 0.957 bits per heavy atom. The number of hydrogen-bond acceptors (Lipinski definition) is 6. The molecule has 0 spiro atoms. The number of hydrogen-bond donors (Lipinski definition) is 0. The van der Waals surface area contributed by atoms with Crippen LogP contribution in [0.4, 0.5) is 0 Å². The Morgan fingerprint density at radius 1 is 0.404 bits per heavy atom. The molecule has 0 aliphatic heterocycles. The van der Waals surface area contributed by atoms with E-state index >= 15 is 0 Å². The van der Waals surface area contributed by atoms with Gasteiger partial charge in [0.2, 0.25) is 5.71 Å². The molecule has 0 amide bonds. The highest BCUT2D eigenvalue weighted by atomic mass is 16.3. The number of aromatic nitrogens is 5. The summed E-state index contributed by atoms with van der Waals surface area (Å²) in [5.41, 5.74) is 7.89. The van der Waals surface area contributed by atoms with Crippen molar-refractivity contribution in [3.63, 3.8) is 0 Å². The first kappa shape index (κ1) is 26.8. The molecule has 6 heteroatoms. The molecule has 0 saturated heterocycles. The van der Waals surface area contributed by atoms with E-state index in [1.807, 2.05) is 91.1 Å². The van der Waals surface area contributed by atoms with Gasteiger partial charge in [-0.2, -0.15) is 0 Å². The Balaban J connectivity index is 1.15. The first-order valence-corrected chi connectivity index (χ1v) is 15.4. The smallest absolute Gasteiger partial charge is 0.227 e. The molecular weight excluding hydrogens is 578 g/mol. The fraction of sp³-hybridized carbons (Fsp3) is 0. The molecule has 9 aromatic rings. The molecule has 4 heterocycles. The lowest BCUT2D eigenvalue weighted by molar-refractivity contribution is 0.654. The van der Waals surface area contributed by atoms with Crippen LogP contribution in [0.1, 0.15) is 0 Å². The molecule has 5 aromatic carbocycles. The number of rotatable bonds is 5. The molecule has 9 rings (SSSR count). The number of fused-ring (bicyclic) bond motifs is 4. The molecule has 0 aliphatic rings. The maximum absolute atomic E-state index is 5.97. The van der Waals surface area contributed by atoms with Crippen LogP contribution >= 0.6 is 0 Å². The van der Waals surface area contributed by atoms with Crippen molar-refractivity contribution < 1.29 is 4.42 Å². The summed E-state index contributed by atoms with van der Waals surface area (Å²) in [6.45, 7) is 0. The molecule has 0 aliphatic carbocycles. The zero-order valence-corrected chi connectivity index (χ0v) is 25.1. The quantitative estimate of drug-likeness (QED) is 0.195. The van der Waals surface area contributed by atoms with E-state index < -0.39 is 0 Å². The topological polar surface area (TPSA) is 77.6 Å². The van der Waals surface area contributed by atoms with Gasteiger partial charge in [0.05, 0.1) is 11.4 Å². The summed E-state index contributed by atoms with van der Waals surface area (Å²) in [4.78, 5) is 24.5. The highest BCUT2D eigenvalue weighted by Crippen LogP contribution is 2.35. The van der Waals surface area contributed by atoms with E-state index in [1.54, 1.807) is 0 Å². The molecular formula is C41H25N5O. The maximum Gasteiger partial charge on any atom is 0.227 e. The summed E-state index contributed by atoms with van der Waals surface area (Å²) in [6.07, 6.45) is 1.84. The molecule has 4 aromatic heterocycles. The third kappa shape index (κ3) is 4.89. The SMILES string of the molecule is c1ccc(-c2nc(-c3ccccc3)nc(-c3ccc(-c4nc(-c5cnc6oc7ccccc7c6c5)cc5ccccc45)cc3)n2)cc1. The first-order chi connectivity index (χ1) is 23.3. The lowest BCUT2D eigenvalue weighted by Gasteiger charge is -2.11. The maximum atomic E-state index is 5.97. The molecule has 0 fully saturated rings. The summed E-state index contributed by atoms with van der Waals surface area (Å²) in [5.74, 6) is 1.88. The molecule has 0 N–H and O–H groups in total. The molecule has 220 valence electrons. The van der Waals surface area contributed by atoms with Crippen LogP contribution in [-0.2, 0) is 0 Å². The van der Waals surface area contributed by atoms with Crippen LogP contribution in [0.25, 0.3) is 89.5 Å². The van der Waals surface area contributed by atoms with Gasteiger partial charge in [-0.1, -0.05) is 127 Å². The minimum Gasteiger partial charge on any atom is -0.438 e. The van der Waals surface area contributed by atoms with Crippen molar-refractivity contribution in [2.45, 2.75) is 0 Å². The van der Waals surface area contributed by atoms with Crippen molar-refractivity contribution in [2.75, 3.05) is 0 Å². The largest absolute Gasteiger partial charge is 0.438 e. The Kier molecular flexibility index (Phi) is 6.35. The third-order valence-corrected chi connectivity index (χ3v) is 8.39. The number of nitrogens with zero attached hydrogens (tertiary/aromatic N) is 5. The summed E-state index contributed by atoms with van der Waals surface area (Å²) in [7, 11) is 0. The summed E-state index contributed by atoms with van der Waals surface area (Å²) in [6, 6.07) is 48.9. The van der Waals surface area contributed by atoms with E-state index in [1.165, 1.54) is 0 Å². The van der Waals surface area contributed by atoms with E-state index in [2.05, 4.69) is 65.6 Å². The minimum absolute atomic E-state index is 0.613. The van der Waals surface area contributed by atoms with Gasteiger partial charge in [0.25, 0.3) is 0 Å². The highest BCUT2D eigenvalue weighted by molar-refractivity contribution is 6.05. The molecule has 0 radical (unpaired) electrons. The second-order valence-corrected chi connectivity index (χ2v) is 11.4. The monoisotopic (exact) mass is 603 g/mol. The van der Waals surface area contributed by atoms with Crippen molar-refractivity contribution in [3.8, 4) is 56.7 Å². The van der Waals surface area contributed by atoms with Crippen LogP contribution in [0.15, 0.2) is 156 Å². The molecule has 0 saturated carbocycles. The molecule has 0 atom stereocenters. The zero-order valence-electron chi connectivity index (χ0n) is 25.1. The number of para-hydroxylation sites is 1. The Hall–Kier alpha value is -6.53. The Bertz CT molecular complexity index is 2500. The second kappa shape index (κ2) is 11.1. The minimum atomic E-state index is 0.613. The van der Waals surface area contributed by atoms with E-state index in [4.69, 9.17) is 24.4 Å². The van der Waals surface area contributed by atoms with Crippen LogP contribution < -0.4 is 0 Å². The fourth-order valence-electron chi connectivity index (χ4n) is 6.03. The average Bonchev–Trinajstić information content (AvgIpc) is 3.53. The van der Waals surface area contributed by atoms with Gasteiger partial charge in [-0.05, 0) is 23.6 Å². The Labute approximate surface area is 270 Å². The van der Waals surface area contributed by atoms with Gasteiger partial charge in [-0.3, -0.25) is 0 Å². The summed E-state index contributed by atoms with van der Waals surface area (Å²) in [5, 5.41) is 4.19. The van der Waals surface area contributed by atoms with Crippen molar-refractivity contribution >= 4 is 32.8 Å². The molecule has 0 bridgehead atoms. The highest BCUT2D eigenvalue weighted by Gasteiger charge is 2.15. The summed E-state index contributed by atoms with van der Waals surface area (Å²) < 4.78 is 5.97. The molecule has 47 heavy (non-hydrogen) atoms. The van der Waals surface area contributed by atoms with Gasteiger partial charge >= 0.3 is 0 Å². The van der Waals surface area contributed by atoms with Crippen molar-refractivity contribution in [1.82, 2.24) is 24.9 Å². The van der Waals surface area contributed by atoms with Crippen molar-refractivity contribution in [2.24, 2.45) is 0 Å². The van der Waals surface area contributed by atoms with Crippen LogP contribution in [-0.4, -0.2) is 24.9 Å². The van der Waals surface area contributed by atoms with Gasteiger partial charge in [0, 0.05) is 50.2 Å². The number of furan rings is 1. The predicted molar refractivity (Wildman–Crippen MR) is 187 cm³/mol. The summed E-state index contributed by atoms with van der Waals surface area (Å²) >= 11 is 0. The van der Waals surface area contributed by atoms with E-state index in [-0.39, 0.29) is 0 Å². The van der Waals surface area contributed by atoms with Gasteiger partial charge in [-0.15, -0.1) is 0 Å². The zero-order chi connectivity index (χ0) is 31.2. The number of benzene rings is 5. The van der Waals surface area contributed by atoms with Gasteiger partial charge < -0.3 is 4.42 Å². The normalized spacial score (nSPS) is 11.4. The van der Waals surface area contributed by atoms with Crippen LogP contribution in [0.3, 0.4) is 0 Å². The lowest BCUT2D eigenvalue weighted by atomic mass is 10.00. The lowest BCUT2D eigenvalue weighted by Crippen LogP contribution is -2.00. The van der Waals surface area contributed by atoms with Gasteiger partial charge in [-0.25, -0.2) is 24.9 Å². The average molecular weight is 604 g/mol. The van der Waals surface area contributed by atoms with Crippen LogP contribution in [0, 0.1) is 0 Å². The third-order valence-electron chi connectivity index (χ3n) is 8.39. The van der Waals surface area contributed by atoms with E-state index in [0.717, 1.165) is 66.3 Å². The van der Waals surface area contributed by atoms with E-state index in [9.17, 15) is 0 Å². The Morgan fingerprint density at radius 3 is 1.64 bits per heavy atom. The number of pyridine rings is 2. The van der Waals surface area contributed by atoms with E-state index in [0.29, 0.717) is 23.2 Å². The predicted octanol–water partition coefficient (Wildman–Crippen LogP) is 10.0. The van der Waals surface area contributed by atoms with Gasteiger partial charge in [0.15, 0.2) is 17.5 Å². The molecule has 0 unspecified atom stereocenters. The fourth-order valence-corrected chi connectivity index (χ4v) is 6.03.